The third kappa shape index (κ3) is 6.41. The lowest BCUT2D eigenvalue weighted by Gasteiger charge is -2.22. The molecule has 0 amide bonds. The Morgan fingerprint density at radius 3 is 1.50 bits per heavy atom. The standard InChI is InChI=1S/C30H27Br2N3O4S/c1-36-21-13-23(27(25(15-21)38-3)17-7-5-9-19(31)11-17)29(34-35-30(33)40)24-14-22(37-2)16-26(39-4)28(24)18-8-6-10-20(32)12-18/h5-16H,1-4H3,(H3,33,35,40). The highest BCUT2D eigenvalue weighted by molar-refractivity contribution is 9.10. The predicted octanol–water partition coefficient (Wildman–Crippen LogP) is 7.17. The Morgan fingerprint density at radius 1 is 0.700 bits per heavy atom. The van der Waals surface area contributed by atoms with Crippen molar-refractivity contribution in [3.63, 3.8) is 0 Å². The number of hydrazone groups is 1. The van der Waals surface area contributed by atoms with Gasteiger partial charge in [-0.25, -0.2) is 0 Å². The van der Waals surface area contributed by atoms with E-state index in [2.05, 4.69) is 37.3 Å². The van der Waals surface area contributed by atoms with Gasteiger partial charge in [-0.2, -0.15) is 5.10 Å². The van der Waals surface area contributed by atoms with Crippen molar-refractivity contribution in [3.8, 4) is 45.3 Å². The van der Waals surface area contributed by atoms with Crippen LogP contribution in [0.4, 0.5) is 0 Å². The first-order valence-electron chi connectivity index (χ1n) is 12.0. The van der Waals surface area contributed by atoms with Crippen molar-refractivity contribution in [2.24, 2.45) is 10.8 Å². The second-order valence-electron chi connectivity index (χ2n) is 8.46. The fourth-order valence-corrected chi connectivity index (χ4v) is 5.22. The number of ether oxygens (including phenoxy) is 4. The van der Waals surface area contributed by atoms with Crippen molar-refractivity contribution in [2.45, 2.75) is 0 Å². The number of hydrogen-bond donors (Lipinski definition) is 2. The second-order valence-corrected chi connectivity index (χ2v) is 10.7. The van der Waals surface area contributed by atoms with Gasteiger partial charge in [-0.15, -0.1) is 0 Å². The molecule has 0 aliphatic carbocycles. The first-order valence-corrected chi connectivity index (χ1v) is 14.0. The highest BCUT2D eigenvalue weighted by atomic mass is 79.9. The van der Waals surface area contributed by atoms with Crippen LogP contribution in [0.3, 0.4) is 0 Å². The second kappa shape index (κ2) is 13.2. The molecule has 0 atom stereocenters. The molecule has 4 rings (SSSR count). The monoisotopic (exact) mass is 683 g/mol. The van der Waals surface area contributed by atoms with E-state index in [9.17, 15) is 0 Å². The molecule has 0 aliphatic rings. The highest BCUT2D eigenvalue weighted by Crippen LogP contribution is 2.43. The third-order valence-corrected chi connectivity index (χ3v) is 7.16. The molecule has 0 fully saturated rings. The predicted molar refractivity (Wildman–Crippen MR) is 171 cm³/mol. The van der Waals surface area contributed by atoms with Crippen molar-refractivity contribution in [2.75, 3.05) is 28.4 Å². The molecule has 0 radical (unpaired) electrons. The lowest BCUT2D eigenvalue weighted by atomic mass is 9.88. The van der Waals surface area contributed by atoms with Crippen molar-refractivity contribution in [1.29, 1.82) is 0 Å². The van der Waals surface area contributed by atoms with E-state index in [1.807, 2.05) is 72.8 Å². The zero-order chi connectivity index (χ0) is 28.8. The van der Waals surface area contributed by atoms with Crippen LogP contribution in [0.5, 0.6) is 23.0 Å². The van der Waals surface area contributed by atoms with E-state index in [-0.39, 0.29) is 5.11 Å². The Bertz CT molecular complexity index is 1490. The summed E-state index contributed by atoms with van der Waals surface area (Å²) in [5, 5.41) is 4.75. The van der Waals surface area contributed by atoms with Crippen LogP contribution in [0.15, 0.2) is 86.8 Å². The zero-order valence-electron chi connectivity index (χ0n) is 22.2. The minimum absolute atomic E-state index is 0.00948. The maximum absolute atomic E-state index is 5.88. The Balaban J connectivity index is 2.17. The smallest absolute Gasteiger partial charge is 0.184 e. The summed E-state index contributed by atoms with van der Waals surface area (Å²) in [6.45, 7) is 0. The van der Waals surface area contributed by atoms with Gasteiger partial charge in [-0.1, -0.05) is 56.1 Å². The first kappa shape index (κ1) is 29.4. The number of rotatable bonds is 9. The van der Waals surface area contributed by atoms with Gasteiger partial charge in [-0.05, 0) is 59.7 Å². The molecule has 0 aliphatic heterocycles. The molecule has 40 heavy (non-hydrogen) atoms. The van der Waals surface area contributed by atoms with Gasteiger partial charge in [0.25, 0.3) is 0 Å². The highest BCUT2D eigenvalue weighted by Gasteiger charge is 2.25. The molecule has 0 aromatic heterocycles. The Labute approximate surface area is 255 Å². The molecule has 0 saturated heterocycles. The molecule has 0 saturated carbocycles. The Kier molecular flexibility index (Phi) is 9.67. The van der Waals surface area contributed by atoms with E-state index in [0.717, 1.165) is 31.2 Å². The van der Waals surface area contributed by atoms with Crippen LogP contribution >= 0.6 is 44.1 Å². The van der Waals surface area contributed by atoms with Gasteiger partial charge in [-0.3, -0.25) is 5.43 Å². The first-order chi connectivity index (χ1) is 19.3. The van der Waals surface area contributed by atoms with Crippen LogP contribution in [0.1, 0.15) is 11.1 Å². The van der Waals surface area contributed by atoms with E-state index in [4.69, 9.17) is 42.0 Å². The fraction of sp³-hybridized carbons (Fsp3) is 0.133. The maximum Gasteiger partial charge on any atom is 0.184 e. The summed E-state index contributed by atoms with van der Waals surface area (Å²) in [6.07, 6.45) is 0. The molecule has 0 unspecified atom stereocenters. The van der Waals surface area contributed by atoms with Gasteiger partial charge in [0, 0.05) is 43.3 Å². The number of halogens is 2. The molecule has 4 aromatic rings. The normalized spacial score (nSPS) is 10.4. The summed E-state index contributed by atoms with van der Waals surface area (Å²) in [6, 6.07) is 23.3. The lowest BCUT2D eigenvalue weighted by Crippen LogP contribution is -2.26. The summed E-state index contributed by atoms with van der Waals surface area (Å²) in [5.41, 5.74) is 13.9. The summed E-state index contributed by atoms with van der Waals surface area (Å²) in [4.78, 5) is 0. The number of benzene rings is 4. The van der Waals surface area contributed by atoms with Gasteiger partial charge < -0.3 is 24.7 Å². The van der Waals surface area contributed by atoms with Gasteiger partial charge in [0.05, 0.1) is 34.2 Å². The zero-order valence-corrected chi connectivity index (χ0v) is 26.2. The van der Waals surface area contributed by atoms with Crippen molar-refractivity contribution in [1.82, 2.24) is 5.43 Å². The number of methoxy groups -OCH3 is 4. The molecule has 7 nitrogen and oxygen atoms in total. The molecule has 4 aromatic carbocycles. The number of nitrogens with one attached hydrogen (secondary N) is 1. The minimum atomic E-state index is 0.00948. The molecule has 0 heterocycles. The molecule has 206 valence electrons. The van der Waals surface area contributed by atoms with Gasteiger partial charge >= 0.3 is 0 Å². The van der Waals surface area contributed by atoms with E-state index in [1.165, 1.54) is 0 Å². The molecular formula is C30H27Br2N3O4S. The summed E-state index contributed by atoms with van der Waals surface area (Å²) >= 11 is 12.3. The summed E-state index contributed by atoms with van der Waals surface area (Å²) in [7, 11) is 6.43. The van der Waals surface area contributed by atoms with Gasteiger partial charge in [0.2, 0.25) is 0 Å². The van der Waals surface area contributed by atoms with E-state index in [1.54, 1.807) is 28.4 Å². The average molecular weight is 685 g/mol. The topological polar surface area (TPSA) is 87.3 Å². The molecule has 0 bridgehead atoms. The van der Waals surface area contributed by atoms with E-state index < -0.39 is 0 Å². The van der Waals surface area contributed by atoms with Gasteiger partial charge in [0.15, 0.2) is 5.11 Å². The molecule has 10 heteroatoms. The Morgan fingerprint density at radius 2 is 1.15 bits per heavy atom. The number of nitrogens with two attached hydrogens (primary N) is 1. The molecular weight excluding hydrogens is 658 g/mol. The number of nitrogens with zero attached hydrogens (tertiary/aromatic N) is 1. The van der Waals surface area contributed by atoms with Crippen LogP contribution < -0.4 is 30.1 Å². The third-order valence-electron chi connectivity index (χ3n) is 6.08. The maximum atomic E-state index is 5.88. The van der Waals surface area contributed by atoms with Crippen LogP contribution in [0.25, 0.3) is 22.3 Å². The molecule has 3 N–H and O–H groups in total. The van der Waals surface area contributed by atoms with E-state index in [0.29, 0.717) is 39.8 Å². The van der Waals surface area contributed by atoms with Crippen LogP contribution in [-0.2, 0) is 0 Å². The summed E-state index contributed by atoms with van der Waals surface area (Å²) < 4.78 is 24.9. The van der Waals surface area contributed by atoms with Crippen molar-refractivity contribution in [3.05, 3.63) is 92.9 Å². The minimum Gasteiger partial charge on any atom is -0.497 e. The van der Waals surface area contributed by atoms with Gasteiger partial charge in [0.1, 0.15) is 23.0 Å². The lowest BCUT2D eigenvalue weighted by molar-refractivity contribution is 0.395. The molecule has 0 spiro atoms. The van der Waals surface area contributed by atoms with E-state index >= 15 is 0 Å². The van der Waals surface area contributed by atoms with Crippen LogP contribution in [0, 0.1) is 0 Å². The largest absolute Gasteiger partial charge is 0.497 e. The number of hydrogen-bond acceptors (Lipinski definition) is 6. The quantitative estimate of drug-likeness (QED) is 0.110. The van der Waals surface area contributed by atoms with Crippen LogP contribution in [0.2, 0.25) is 0 Å². The van der Waals surface area contributed by atoms with Crippen LogP contribution in [-0.4, -0.2) is 39.3 Å². The fourth-order valence-electron chi connectivity index (χ4n) is 4.37. The SMILES string of the molecule is COc1cc(OC)c(-c2cccc(Br)c2)c(C(=NNC(N)=S)c2cc(OC)cc(OC)c2-c2cccc(Br)c2)c1. The Hall–Kier alpha value is -3.60. The number of thiocarbonyl (C=S) groups is 1. The van der Waals surface area contributed by atoms with Crippen molar-refractivity contribution < 1.29 is 18.9 Å². The average Bonchev–Trinajstić information content (AvgIpc) is 2.95. The summed E-state index contributed by atoms with van der Waals surface area (Å²) in [5.74, 6) is 2.34. The van der Waals surface area contributed by atoms with Crippen molar-refractivity contribution >= 4 is 54.9 Å².